The second-order valence-electron chi connectivity index (χ2n) is 4.80. The van der Waals surface area contributed by atoms with Gasteiger partial charge in [-0.2, -0.15) is 0 Å². The fourth-order valence-corrected chi connectivity index (χ4v) is 2.69. The van der Waals surface area contributed by atoms with E-state index in [4.69, 9.17) is 5.11 Å². The maximum absolute atomic E-state index is 13.3. The SMILES string of the molecule is O=C(O)[C@@H]1C[C@@H]([C@@H](CF)c2ccccc2)CCN1. The number of carboxylic acids is 1. The van der Waals surface area contributed by atoms with E-state index in [1.807, 2.05) is 30.3 Å². The summed E-state index contributed by atoms with van der Waals surface area (Å²) in [6.07, 6.45) is 1.33. The van der Waals surface area contributed by atoms with Gasteiger partial charge in [0, 0.05) is 5.92 Å². The van der Waals surface area contributed by atoms with Gasteiger partial charge in [0.05, 0.1) is 6.67 Å². The number of hydrogen-bond acceptors (Lipinski definition) is 2. The molecule has 0 bridgehead atoms. The Morgan fingerprint density at radius 3 is 2.78 bits per heavy atom. The van der Waals surface area contributed by atoms with Crippen molar-refractivity contribution in [1.82, 2.24) is 5.32 Å². The molecule has 98 valence electrons. The quantitative estimate of drug-likeness (QED) is 0.862. The molecule has 1 heterocycles. The molecule has 1 aromatic rings. The van der Waals surface area contributed by atoms with Crippen molar-refractivity contribution >= 4 is 5.97 Å². The van der Waals surface area contributed by atoms with E-state index in [2.05, 4.69) is 5.32 Å². The van der Waals surface area contributed by atoms with E-state index in [1.54, 1.807) is 0 Å². The maximum atomic E-state index is 13.3. The van der Waals surface area contributed by atoms with E-state index < -0.39 is 18.7 Å². The van der Waals surface area contributed by atoms with Gasteiger partial charge in [-0.15, -0.1) is 0 Å². The number of nitrogens with one attached hydrogen (secondary N) is 1. The molecule has 1 aromatic carbocycles. The number of alkyl halides is 1. The first-order valence-electron chi connectivity index (χ1n) is 6.29. The first kappa shape index (κ1) is 13.0. The monoisotopic (exact) mass is 251 g/mol. The molecule has 1 aliphatic heterocycles. The van der Waals surface area contributed by atoms with Crippen LogP contribution in [0.15, 0.2) is 30.3 Å². The zero-order valence-corrected chi connectivity index (χ0v) is 10.2. The van der Waals surface area contributed by atoms with Crippen molar-refractivity contribution in [1.29, 1.82) is 0 Å². The maximum Gasteiger partial charge on any atom is 0.320 e. The first-order valence-corrected chi connectivity index (χ1v) is 6.29. The lowest BCUT2D eigenvalue weighted by molar-refractivity contribution is -0.140. The molecule has 0 radical (unpaired) electrons. The van der Waals surface area contributed by atoms with Gasteiger partial charge in [0.1, 0.15) is 6.04 Å². The fraction of sp³-hybridized carbons (Fsp3) is 0.500. The molecule has 0 amide bonds. The molecule has 0 aromatic heterocycles. The highest BCUT2D eigenvalue weighted by atomic mass is 19.1. The van der Waals surface area contributed by atoms with Crippen molar-refractivity contribution in [3.05, 3.63) is 35.9 Å². The summed E-state index contributed by atoms with van der Waals surface area (Å²) in [6.45, 7) is 0.214. The number of carbonyl (C=O) groups is 1. The summed E-state index contributed by atoms with van der Waals surface area (Å²) < 4.78 is 13.3. The Labute approximate surface area is 106 Å². The normalized spacial score (nSPS) is 25.6. The molecule has 1 fully saturated rings. The van der Waals surface area contributed by atoms with Gasteiger partial charge < -0.3 is 10.4 Å². The lowest BCUT2D eigenvalue weighted by Crippen LogP contribution is -2.44. The van der Waals surface area contributed by atoms with Gasteiger partial charge in [0.2, 0.25) is 0 Å². The Bertz CT molecular complexity index is 396. The molecule has 4 heteroatoms. The molecule has 1 saturated heterocycles. The van der Waals surface area contributed by atoms with E-state index in [0.29, 0.717) is 13.0 Å². The molecule has 0 saturated carbocycles. The van der Waals surface area contributed by atoms with Crippen molar-refractivity contribution < 1.29 is 14.3 Å². The summed E-state index contributed by atoms with van der Waals surface area (Å²) in [6, 6.07) is 8.99. The van der Waals surface area contributed by atoms with Gasteiger partial charge in [-0.05, 0) is 30.9 Å². The van der Waals surface area contributed by atoms with Crippen LogP contribution in [0.5, 0.6) is 0 Å². The van der Waals surface area contributed by atoms with Crippen LogP contribution in [-0.4, -0.2) is 30.3 Å². The minimum Gasteiger partial charge on any atom is -0.480 e. The van der Waals surface area contributed by atoms with E-state index in [-0.39, 0.29) is 11.8 Å². The van der Waals surface area contributed by atoms with E-state index in [0.717, 1.165) is 12.0 Å². The number of aliphatic carboxylic acids is 1. The Kier molecular flexibility index (Phi) is 4.31. The first-order chi connectivity index (χ1) is 8.72. The zero-order chi connectivity index (χ0) is 13.0. The Morgan fingerprint density at radius 2 is 2.17 bits per heavy atom. The van der Waals surface area contributed by atoms with Gasteiger partial charge >= 0.3 is 5.97 Å². The Morgan fingerprint density at radius 1 is 1.44 bits per heavy atom. The highest BCUT2D eigenvalue weighted by Crippen LogP contribution is 2.33. The van der Waals surface area contributed by atoms with Crippen LogP contribution < -0.4 is 5.32 Å². The van der Waals surface area contributed by atoms with E-state index in [9.17, 15) is 9.18 Å². The van der Waals surface area contributed by atoms with Crippen LogP contribution in [-0.2, 0) is 4.79 Å². The third-order valence-corrected chi connectivity index (χ3v) is 3.71. The number of carboxylic acid groups (broad SMARTS) is 1. The average Bonchev–Trinajstić information content (AvgIpc) is 2.41. The molecule has 3 nitrogen and oxygen atoms in total. The molecular weight excluding hydrogens is 233 g/mol. The molecule has 18 heavy (non-hydrogen) atoms. The third-order valence-electron chi connectivity index (χ3n) is 3.71. The van der Waals surface area contributed by atoms with Gasteiger partial charge in [0.25, 0.3) is 0 Å². The van der Waals surface area contributed by atoms with Gasteiger partial charge in [-0.1, -0.05) is 30.3 Å². The summed E-state index contributed by atoms with van der Waals surface area (Å²) in [5.74, 6) is -0.930. The Hall–Kier alpha value is -1.42. The third kappa shape index (κ3) is 2.88. The summed E-state index contributed by atoms with van der Waals surface area (Å²) in [5, 5.41) is 12.0. The molecule has 2 N–H and O–H groups in total. The van der Waals surface area contributed by atoms with Crippen LogP contribution >= 0.6 is 0 Å². The second kappa shape index (κ2) is 5.96. The Balaban J connectivity index is 2.11. The summed E-state index contributed by atoms with van der Waals surface area (Å²) in [4.78, 5) is 11.0. The van der Waals surface area contributed by atoms with Crippen LogP contribution in [0, 0.1) is 5.92 Å². The van der Waals surface area contributed by atoms with Crippen LogP contribution in [0.4, 0.5) is 4.39 Å². The number of benzene rings is 1. The number of halogens is 1. The second-order valence-corrected chi connectivity index (χ2v) is 4.80. The molecule has 0 aliphatic carbocycles. The summed E-state index contributed by atoms with van der Waals surface area (Å²) in [7, 11) is 0. The van der Waals surface area contributed by atoms with Crippen molar-refractivity contribution in [2.75, 3.05) is 13.2 Å². The van der Waals surface area contributed by atoms with E-state index in [1.165, 1.54) is 0 Å². The van der Waals surface area contributed by atoms with Gasteiger partial charge in [0.15, 0.2) is 0 Å². The molecule has 0 spiro atoms. The van der Waals surface area contributed by atoms with Crippen molar-refractivity contribution in [3.63, 3.8) is 0 Å². The standard InChI is InChI=1S/C14H18FNO2/c15-9-12(10-4-2-1-3-5-10)11-6-7-16-13(8-11)14(17)18/h1-5,11-13,16H,6-9H2,(H,17,18)/t11-,12-,13-/m0/s1. The van der Waals surface area contributed by atoms with Crippen LogP contribution in [0.25, 0.3) is 0 Å². The van der Waals surface area contributed by atoms with Gasteiger partial charge in [-0.25, -0.2) is 0 Å². The smallest absolute Gasteiger partial charge is 0.320 e. The van der Waals surface area contributed by atoms with Gasteiger partial charge in [-0.3, -0.25) is 9.18 Å². The summed E-state index contributed by atoms with van der Waals surface area (Å²) >= 11 is 0. The van der Waals surface area contributed by atoms with Crippen molar-refractivity contribution in [3.8, 4) is 0 Å². The van der Waals surface area contributed by atoms with E-state index >= 15 is 0 Å². The number of rotatable bonds is 4. The van der Waals surface area contributed by atoms with Crippen LogP contribution in [0.3, 0.4) is 0 Å². The predicted octanol–water partition coefficient (Wildman–Crippen LogP) is 2.19. The lowest BCUT2D eigenvalue weighted by atomic mass is 9.79. The highest BCUT2D eigenvalue weighted by Gasteiger charge is 2.32. The average molecular weight is 251 g/mol. The minimum atomic E-state index is -0.842. The van der Waals surface area contributed by atoms with Crippen molar-refractivity contribution in [2.45, 2.75) is 24.8 Å². The fourth-order valence-electron chi connectivity index (χ4n) is 2.69. The summed E-state index contributed by atoms with van der Waals surface area (Å²) in [5.41, 5.74) is 0.969. The van der Waals surface area contributed by atoms with Crippen LogP contribution in [0.1, 0.15) is 24.3 Å². The molecular formula is C14H18FNO2. The lowest BCUT2D eigenvalue weighted by Gasteiger charge is -2.32. The minimum absolute atomic E-state index is 0.0970. The zero-order valence-electron chi connectivity index (χ0n) is 10.2. The van der Waals surface area contributed by atoms with Crippen molar-refractivity contribution in [2.24, 2.45) is 5.92 Å². The van der Waals surface area contributed by atoms with Crippen LogP contribution in [0.2, 0.25) is 0 Å². The highest BCUT2D eigenvalue weighted by molar-refractivity contribution is 5.73. The number of hydrogen-bond donors (Lipinski definition) is 2. The predicted molar refractivity (Wildman–Crippen MR) is 67.3 cm³/mol. The molecule has 3 atom stereocenters. The molecule has 0 unspecified atom stereocenters. The largest absolute Gasteiger partial charge is 0.480 e. The topological polar surface area (TPSA) is 49.3 Å². The number of piperidine rings is 1. The molecule has 2 rings (SSSR count). The molecule has 1 aliphatic rings.